The van der Waals surface area contributed by atoms with E-state index in [-0.39, 0.29) is 11.9 Å². The molecule has 4 nitrogen and oxygen atoms in total. The molecule has 2 atom stereocenters. The molecule has 0 saturated heterocycles. The first-order chi connectivity index (χ1) is 7.61. The lowest BCUT2D eigenvalue weighted by atomic mass is 10.2. The number of carbonyl (C=O) groups excluding carboxylic acids is 1. The van der Waals surface area contributed by atoms with Gasteiger partial charge in [-0.25, -0.2) is 0 Å². The maximum Gasteiger partial charge on any atom is 0.236 e. The molecule has 16 heavy (non-hydrogen) atoms. The highest BCUT2D eigenvalue weighted by molar-refractivity contribution is 5.81. The highest BCUT2D eigenvalue weighted by Crippen LogP contribution is 1.94. The number of amides is 1. The Morgan fingerprint density at radius 2 is 2.06 bits per heavy atom. The third-order valence-corrected chi connectivity index (χ3v) is 2.45. The first kappa shape index (κ1) is 15.4. The van der Waals surface area contributed by atoms with E-state index in [0.29, 0.717) is 5.92 Å². The van der Waals surface area contributed by atoms with Gasteiger partial charge in [-0.2, -0.15) is 0 Å². The summed E-state index contributed by atoms with van der Waals surface area (Å²) in [4.78, 5) is 11.6. The second-order valence-electron chi connectivity index (χ2n) is 4.34. The highest BCUT2D eigenvalue weighted by atomic mass is 16.5. The van der Waals surface area contributed by atoms with Crippen LogP contribution in [0.1, 0.15) is 33.6 Å². The van der Waals surface area contributed by atoms with Gasteiger partial charge in [0.1, 0.15) is 0 Å². The smallest absolute Gasteiger partial charge is 0.236 e. The van der Waals surface area contributed by atoms with Gasteiger partial charge in [0.05, 0.1) is 6.04 Å². The maximum absolute atomic E-state index is 11.6. The van der Waals surface area contributed by atoms with E-state index in [0.717, 1.165) is 32.5 Å². The zero-order valence-corrected chi connectivity index (χ0v) is 11.0. The Morgan fingerprint density at radius 1 is 1.38 bits per heavy atom. The summed E-state index contributed by atoms with van der Waals surface area (Å²) >= 11 is 0. The fourth-order valence-corrected chi connectivity index (χ4v) is 1.36. The third-order valence-electron chi connectivity index (χ3n) is 2.45. The zero-order chi connectivity index (χ0) is 12.4. The summed E-state index contributed by atoms with van der Waals surface area (Å²) < 4.78 is 5.04. The molecule has 0 fully saturated rings. The average molecular weight is 230 g/mol. The molecule has 0 aliphatic carbocycles. The van der Waals surface area contributed by atoms with Crippen molar-refractivity contribution in [2.75, 3.05) is 26.8 Å². The van der Waals surface area contributed by atoms with Gasteiger partial charge in [0, 0.05) is 26.8 Å². The molecule has 0 aromatic heterocycles. The fraction of sp³-hybridized carbons (Fsp3) is 0.917. The molecular formula is C12H26N2O2. The molecule has 1 amide bonds. The van der Waals surface area contributed by atoms with Crippen LogP contribution in [0, 0.1) is 5.92 Å². The van der Waals surface area contributed by atoms with Crippen molar-refractivity contribution in [3.63, 3.8) is 0 Å². The number of nitrogens with one attached hydrogen (secondary N) is 2. The Morgan fingerprint density at radius 3 is 2.62 bits per heavy atom. The third kappa shape index (κ3) is 7.65. The molecule has 0 heterocycles. The molecule has 2 N–H and O–H groups in total. The van der Waals surface area contributed by atoms with Crippen LogP contribution in [0.2, 0.25) is 0 Å². The fourth-order valence-electron chi connectivity index (χ4n) is 1.36. The van der Waals surface area contributed by atoms with Crippen LogP contribution in [0.15, 0.2) is 0 Å². The number of rotatable bonds is 9. The Hall–Kier alpha value is -0.610. The lowest BCUT2D eigenvalue weighted by Crippen LogP contribution is -2.44. The lowest BCUT2D eigenvalue weighted by molar-refractivity contribution is -0.122. The predicted octanol–water partition coefficient (Wildman–Crippen LogP) is 1.16. The summed E-state index contributed by atoms with van der Waals surface area (Å²) in [5.41, 5.74) is 0. The molecule has 0 aliphatic rings. The van der Waals surface area contributed by atoms with Crippen LogP contribution < -0.4 is 10.6 Å². The van der Waals surface area contributed by atoms with Crippen molar-refractivity contribution >= 4 is 5.91 Å². The number of unbranched alkanes of at least 4 members (excludes halogenated alkanes) is 1. The number of methoxy groups -OCH3 is 1. The van der Waals surface area contributed by atoms with Crippen LogP contribution in [-0.4, -0.2) is 38.8 Å². The van der Waals surface area contributed by atoms with E-state index in [1.165, 1.54) is 0 Å². The van der Waals surface area contributed by atoms with Crippen molar-refractivity contribution in [1.29, 1.82) is 0 Å². The summed E-state index contributed by atoms with van der Waals surface area (Å²) in [6, 6.07) is -0.129. The number of hydrogen-bond acceptors (Lipinski definition) is 3. The summed E-state index contributed by atoms with van der Waals surface area (Å²) in [5, 5.41) is 6.11. The van der Waals surface area contributed by atoms with Gasteiger partial charge in [-0.3, -0.25) is 4.79 Å². The molecule has 0 saturated carbocycles. The standard InChI is InChI=1S/C12H26N2O2/c1-5-6-7-13-12(15)11(3)14-8-10(2)9-16-4/h10-11,14H,5-9H2,1-4H3,(H,13,15). The van der Waals surface area contributed by atoms with Crippen molar-refractivity contribution in [3.05, 3.63) is 0 Å². The van der Waals surface area contributed by atoms with Crippen molar-refractivity contribution < 1.29 is 9.53 Å². The van der Waals surface area contributed by atoms with E-state index >= 15 is 0 Å². The molecule has 0 aromatic rings. The largest absolute Gasteiger partial charge is 0.384 e. The van der Waals surface area contributed by atoms with Crippen molar-refractivity contribution in [1.82, 2.24) is 10.6 Å². The Balaban J connectivity index is 3.62. The van der Waals surface area contributed by atoms with Gasteiger partial charge in [0.2, 0.25) is 5.91 Å². The minimum atomic E-state index is -0.129. The summed E-state index contributed by atoms with van der Waals surface area (Å²) in [6.45, 7) is 8.39. The van der Waals surface area contributed by atoms with Gasteiger partial charge in [0.15, 0.2) is 0 Å². The van der Waals surface area contributed by atoms with E-state index in [2.05, 4.69) is 24.5 Å². The highest BCUT2D eigenvalue weighted by Gasteiger charge is 2.12. The van der Waals surface area contributed by atoms with E-state index in [4.69, 9.17) is 4.74 Å². The molecule has 0 radical (unpaired) electrons. The Kier molecular flexibility index (Phi) is 9.24. The van der Waals surface area contributed by atoms with Gasteiger partial charge >= 0.3 is 0 Å². The van der Waals surface area contributed by atoms with Crippen LogP contribution in [-0.2, 0) is 9.53 Å². The summed E-state index contributed by atoms with van der Waals surface area (Å²) in [5.74, 6) is 0.508. The Bertz CT molecular complexity index is 186. The quantitative estimate of drug-likeness (QED) is 0.584. The lowest BCUT2D eigenvalue weighted by Gasteiger charge is -2.17. The minimum Gasteiger partial charge on any atom is -0.384 e. The van der Waals surface area contributed by atoms with Crippen LogP contribution in [0.3, 0.4) is 0 Å². The molecule has 0 aromatic carbocycles. The molecule has 2 unspecified atom stereocenters. The number of ether oxygens (including phenoxy) is 1. The molecule has 0 spiro atoms. The second-order valence-corrected chi connectivity index (χ2v) is 4.34. The molecule has 0 bridgehead atoms. The molecule has 0 aliphatic heterocycles. The van der Waals surface area contributed by atoms with Gasteiger partial charge < -0.3 is 15.4 Å². The number of hydrogen-bond donors (Lipinski definition) is 2. The zero-order valence-electron chi connectivity index (χ0n) is 11.0. The van der Waals surface area contributed by atoms with E-state index in [1.807, 2.05) is 6.92 Å². The average Bonchev–Trinajstić information content (AvgIpc) is 2.26. The topological polar surface area (TPSA) is 50.4 Å². The first-order valence-electron chi connectivity index (χ1n) is 6.11. The van der Waals surface area contributed by atoms with Crippen LogP contribution in [0.25, 0.3) is 0 Å². The normalized spacial score (nSPS) is 14.5. The SMILES string of the molecule is CCCCNC(=O)C(C)NCC(C)COC. The monoisotopic (exact) mass is 230 g/mol. The maximum atomic E-state index is 11.6. The molecule has 0 rings (SSSR count). The predicted molar refractivity (Wildman–Crippen MR) is 66.4 cm³/mol. The van der Waals surface area contributed by atoms with Crippen LogP contribution >= 0.6 is 0 Å². The number of carbonyl (C=O) groups is 1. The van der Waals surface area contributed by atoms with Gasteiger partial charge in [-0.1, -0.05) is 20.3 Å². The summed E-state index contributed by atoms with van der Waals surface area (Å²) in [6.07, 6.45) is 2.14. The second kappa shape index (κ2) is 9.60. The summed E-state index contributed by atoms with van der Waals surface area (Å²) in [7, 11) is 1.69. The van der Waals surface area contributed by atoms with E-state index < -0.39 is 0 Å². The van der Waals surface area contributed by atoms with Gasteiger partial charge in [0.25, 0.3) is 0 Å². The van der Waals surface area contributed by atoms with Crippen molar-refractivity contribution in [3.8, 4) is 0 Å². The van der Waals surface area contributed by atoms with Crippen LogP contribution in [0.5, 0.6) is 0 Å². The first-order valence-corrected chi connectivity index (χ1v) is 6.11. The van der Waals surface area contributed by atoms with E-state index in [9.17, 15) is 4.79 Å². The van der Waals surface area contributed by atoms with Crippen molar-refractivity contribution in [2.45, 2.75) is 39.7 Å². The molecular weight excluding hydrogens is 204 g/mol. The molecule has 96 valence electrons. The molecule has 4 heteroatoms. The van der Waals surface area contributed by atoms with Gasteiger partial charge in [-0.15, -0.1) is 0 Å². The Labute approximate surface area is 99.1 Å². The minimum absolute atomic E-state index is 0.0815. The van der Waals surface area contributed by atoms with Crippen LogP contribution in [0.4, 0.5) is 0 Å². The van der Waals surface area contributed by atoms with Crippen molar-refractivity contribution in [2.24, 2.45) is 5.92 Å². The van der Waals surface area contributed by atoms with Gasteiger partial charge in [-0.05, 0) is 19.3 Å². The van der Waals surface area contributed by atoms with E-state index in [1.54, 1.807) is 7.11 Å².